The van der Waals surface area contributed by atoms with Crippen molar-refractivity contribution in [3.05, 3.63) is 46.5 Å². The SMILES string of the molecule is C=C(Br)C(C=O)(CC)c1ccc(C)cc1. The van der Waals surface area contributed by atoms with Gasteiger partial charge in [0.2, 0.25) is 0 Å². The third kappa shape index (κ3) is 2.20. The molecule has 1 nitrogen and oxygen atoms in total. The van der Waals surface area contributed by atoms with Crippen molar-refractivity contribution < 1.29 is 4.79 Å². The Morgan fingerprint density at radius 1 is 1.47 bits per heavy atom. The summed E-state index contributed by atoms with van der Waals surface area (Å²) >= 11 is 3.35. The number of aryl methyl sites for hydroxylation is 1. The normalized spacial score (nSPS) is 14.3. The highest BCUT2D eigenvalue weighted by Gasteiger charge is 2.31. The van der Waals surface area contributed by atoms with Crippen molar-refractivity contribution in [3.63, 3.8) is 0 Å². The summed E-state index contributed by atoms with van der Waals surface area (Å²) in [6.07, 6.45) is 1.68. The molecule has 1 aromatic rings. The summed E-state index contributed by atoms with van der Waals surface area (Å²) in [5.74, 6) is 0. The lowest BCUT2D eigenvalue weighted by molar-refractivity contribution is -0.111. The number of allylic oxidation sites excluding steroid dienone is 1. The van der Waals surface area contributed by atoms with Crippen molar-refractivity contribution in [2.45, 2.75) is 25.7 Å². The highest BCUT2D eigenvalue weighted by molar-refractivity contribution is 9.11. The molecule has 0 N–H and O–H groups in total. The first-order chi connectivity index (χ1) is 7.06. The molecule has 0 heterocycles. The van der Waals surface area contributed by atoms with Crippen LogP contribution in [0.25, 0.3) is 0 Å². The Bertz CT molecular complexity index is 367. The van der Waals surface area contributed by atoms with Crippen LogP contribution in [0.2, 0.25) is 0 Å². The molecule has 0 aromatic heterocycles. The van der Waals surface area contributed by atoms with E-state index in [9.17, 15) is 4.79 Å². The van der Waals surface area contributed by atoms with Crippen LogP contribution in [-0.4, -0.2) is 6.29 Å². The fourth-order valence-corrected chi connectivity index (χ4v) is 2.22. The van der Waals surface area contributed by atoms with E-state index in [1.807, 2.05) is 38.1 Å². The quantitative estimate of drug-likeness (QED) is 0.759. The van der Waals surface area contributed by atoms with E-state index < -0.39 is 5.41 Å². The van der Waals surface area contributed by atoms with Crippen LogP contribution in [0.4, 0.5) is 0 Å². The molecule has 0 saturated heterocycles. The Labute approximate surface area is 99.3 Å². The molecule has 0 bridgehead atoms. The average molecular weight is 267 g/mol. The minimum atomic E-state index is -0.590. The second-order valence-electron chi connectivity index (χ2n) is 3.71. The van der Waals surface area contributed by atoms with E-state index in [-0.39, 0.29) is 0 Å². The van der Waals surface area contributed by atoms with Crippen LogP contribution in [0.1, 0.15) is 24.5 Å². The topological polar surface area (TPSA) is 17.1 Å². The van der Waals surface area contributed by atoms with Crippen molar-refractivity contribution >= 4 is 22.2 Å². The fourth-order valence-electron chi connectivity index (χ4n) is 1.62. The van der Waals surface area contributed by atoms with Gasteiger partial charge in [0.15, 0.2) is 0 Å². The second kappa shape index (κ2) is 4.75. The van der Waals surface area contributed by atoms with Gasteiger partial charge in [-0.05, 0) is 18.9 Å². The zero-order valence-electron chi connectivity index (χ0n) is 9.09. The van der Waals surface area contributed by atoms with E-state index in [0.717, 1.165) is 16.3 Å². The smallest absolute Gasteiger partial charge is 0.135 e. The van der Waals surface area contributed by atoms with Gasteiger partial charge in [-0.25, -0.2) is 0 Å². The third-order valence-corrected chi connectivity index (χ3v) is 3.52. The molecule has 80 valence electrons. The molecule has 1 unspecified atom stereocenters. The van der Waals surface area contributed by atoms with E-state index in [1.54, 1.807) is 0 Å². The van der Waals surface area contributed by atoms with Crippen molar-refractivity contribution in [1.82, 2.24) is 0 Å². The highest BCUT2D eigenvalue weighted by atomic mass is 79.9. The first-order valence-corrected chi connectivity index (χ1v) is 5.74. The number of carbonyl (C=O) groups excluding carboxylic acids is 1. The summed E-state index contributed by atoms with van der Waals surface area (Å²) in [7, 11) is 0. The van der Waals surface area contributed by atoms with Gasteiger partial charge in [-0.15, -0.1) is 0 Å². The molecule has 0 aliphatic heterocycles. The monoisotopic (exact) mass is 266 g/mol. The second-order valence-corrected chi connectivity index (χ2v) is 4.67. The lowest BCUT2D eigenvalue weighted by Crippen LogP contribution is -2.27. The van der Waals surface area contributed by atoms with Crippen molar-refractivity contribution in [2.75, 3.05) is 0 Å². The van der Waals surface area contributed by atoms with E-state index in [1.165, 1.54) is 5.56 Å². The summed E-state index contributed by atoms with van der Waals surface area (Å²) in [4.78, 5) is 11.3. The predicted molar refractivity (Wildman–Crippen MR) is 67.3 cm³/mol. The summed E-state index contributed by atoms with van der Waals surface area (Å²) in [6, 6.07) is 8.00. The van der Waals surface area contributed by atoms with Crippen molar-refractivity contribution in [1.29, 1.82) is 0 Å². The molecule has 0 amide bonds. The number of rotatable bonds is 4. The van der Waals surface area contributed by atoms with Crippen LogP contribution in [-0.2, 0) is 10.2 Å². The molecule has 0 aliphatic carbocycles. The van der Waals surface area contributed by atoms with Gasteiger partial charge >= 0.3 is 0 Å². The van der Waals surface area contributed by atoms with E-state index >= 15 is 0 Å². The lowest BCUT2D eigenvalue weighted by Gasteiger charge is -2.26. The minimum Gasteiger partial charge on any atom is -0.302 e. The van der Waals surface area contributed by atoms with Crippen LogP contribution >= 0.6 is 15.9 Å². The number of aldehydes is 1. The van der Waals surface area contributed by atoms with Gasteiger partial charge in [0.05, 0.1) is 5.41 Å². The zero-order valence-corrected chi connectivity index (χ0v) is 10.7. The van der Waals surface area contributed by atoms with E-state index in [0.29, 0.717) is 6.42 Å². The maximum Gasteiger partial charge on any atom is 0.135 e. The first kappa shape index (κ1) is 12.2. The summed E-state index contributed by atoms with van der Waals surface area (Å²) < 4.78 is 0.719. The molecular weight excluding hydrogens is 252 g/mol. The fraction of sp³-hybridized carbons (Fsp3) is 0.308. The lowest BCUT2D eigenvalue weighted by atomic mass is 9.79. The van der Waals surface area contributed by atoms with Crippen molar-refractivity contribution in [2.24, 2.45) is 0 Å². The van der Waals surface area contributed by atoms with Crippen molar-refractivity contribution in [3.8, 4) is 0 Å². The molecule has 0 saturated carbocycles. The average Bonchev–Trinajstić information content (AvgIpc) is 2.22. The molecule has 0 fully saturated rings. The van der Waals surface area contributed by atoms with Crippen LogP contribution in [0.15, 0.2) is 35.3 Å². The van der Waals surface area contributed by atoms with Crippen LogP contribution < -0.4 is 0 Å². The van der Waals surface area contributed by atoms with Gasteiger partial charge in [0, 0.05) is 4.48 Å². The molecule has 1 atom stereocenters. The largest absolute Gasteiger partial charge is 0.302 e. The van der Waals surface area contributed by atoms with Crippen LogP contribution in [0.5, 0.6) is 0 Å². The zero-order chi connectivity index (χ0) is 11.5. The Kier molecular flexibility index (Phi) is 3.86. The van der Waals surface area contributed by atoms with E-state index in [2.05, 4.69) is 22.5 Å². The standard InChI is InChI=1S/C13H15BrO/c1-4-13(9-15,11(3)14)12-7-5-10(2)6-8-12/h5-9H,3-4H2,1-2H3. The minimum absolute atomic E-state index is 0.590. The van der Waals surface area contributed by atoms with E-state index in [4.69, 9.17) is 0 Å². The summed E-state index contributed by atoms with van der Waals surface area (Å²) in [5, 5.41) is 0. The number of benzene rings is 1. The highest BCUT2D eigenvalue weighted by Crippen LogP contribution is 2.36. The number of halogens is 1. The van der Waals surface area contributed by atoms with Gasteiger partial charge in [-0.2, -0.15) is 0 Å². The molecule has 15 heavy (non-hydrogen) atoms. The summed E-state index contributed by atoms with van der Waals surface area (Å²) in [6.45, 7) is 7.87. The maximum atomic E-state index is 11.3. The Morgan fingerprint density at radius 2 is 2.00 bits per heavy atom. The molecular formula is C13H15BrO. The van der Waals surface area contributed by atoms with Gasteiger partial charge in [0.25, 0.3) is 0 Å². The molecule has 2 heteroatoms. The van der Waals surface area contributed by atoms with Gasteiger partial charge in [-0.1, -0.05) is 59.3 Å². The Balaban J connectivity index is 3.26. The molecule has 0 radical (unpaired) electrons. The maximum absolute atomic E-state index is 11.3. The molecule has 0 aliphatic rings. The Hall–Kier alpha value is -0.890. The summed E-state index contributed by atoms with van der Waals surface area (Å²) in [5.41, 5.74) is 1.59. The van der Waals surface area contributed by atoms with Crippen LogP contribution in [0, 0.1) is 6.92 Å². The molecule has 1 rings (SSSR count). The number of carbonyl (C=O) groups is 1. The van der Waals surface area contributed by atoms with Gasteiger partial charge in [0.1, 0.15) is 6.29 Å². The van der Waals surface area contributed by atoms with Gasteiger partial charge in [-0.3, -0.25) is 0 Å². The first-order valence-electron chi connectivity index (χ1n) is 4.95. The Morgan fingerprint density at radius 3 is 2.33 bits per heavy atom. The number of hydrogen-bond acceptors (Lipinski definition) is 1. The molecule has 1 aromatic carbocycles. The predicted octanol–water partition coefficient (Wildman–Crippen LogP) is 3.75. The van der Waals surface area contributed by atoms with Crippen LogP contribution in [0.3, 0.4) is 0 Å². The third-order valence-electron chi connectivity index (χ3n) is 2.81. The van der Waals surface area contributed by atoms with Gasteiger partial charge < -0.3 is 4.79 Å². The molecule has 0 spiro atoms. The number of hydrogen-bond donors (Lipinski definition) is 0.